The molecule has 1 N–H and O–H groups in total. The quantitative estimate of drug-likeness (QED) is 0.678. The molecule has 2 nitrogen and oxygen atoms in total. The molecular weight excluding hydrogens is 308 g/mol. The summed E-state index contributed by atoms with van der Waals surface area (Å²) in [6.07, 6.45) is 9.36. The molecule has 122 valence electrons. The lowest BCUT2D eigenvalue weighted by atomic mass is 9.55. The maximum Gasteiger partial charge on any atom is 0.156 e. The first-order chi connectivity index (χ1) is 11.0. The highest BCUT2D eigenvalue weighted by molar-refractivity contribution is 6.30. The molecule has 0 radical (unpaired) electrons. The van der Waals surface area contributed by atoms with Gasteiger partial charge in [0.1, 0.15) is 5.60 Å². The molecule has 0 aromatic heterocycles. The van der Waals surface area contributed by atoms with Gasteiger partial charge in [0.15, 0.2) is 5.78 Å². The van der Waals surface area contributed by atoms with E-state index in [1.165, 1.54) is 11.1 Å². The molecule has 0 aromatic rings. The Morgan fingerprint density at radius 3 is 2.83 bits per heavy atom. The molecule has 23 heavy (non-hydrogen) atoms. The number of halogens is 1. The van der Waals surface area contributed by atoms with Crippen molar-refractivity contribution < 1.29 is 9.90 Å². The zero-order valence-electron chi connectivity index (χ0n) is 13.6. The van der Waals surface area contributed by atoms with Crippen molar-refractivity contribution in [2.45, 2.75) is 63.9 Å². The van der Waals surface area contributed by atoms with Crippen LogP contribution in [0.2, 0.25) is 0 Å². The summed E-state index contributed by atoms with van der Waals surface area (Å²) >= 11 is 5.64. The molecule has 0 heterocycles. The third-order valence-electron chi connectivity index (χ3n) is 7.14. The van der Waals surface area contributed by atoms with E-state index in [4.69, 9.17) is 11.6 Å². The van der Waals surface area contributed by atoms with E-state index < -0.39 is 5.60 Å². The second-order valence-corrected chi connectivity index (χ2v) is 8.12. The Hall–Kier alpha value is -1.04. The van der Waals surface area contributed by atoms with E-state index >= 15 is 0 Å². The summed E-state index contributed by atoms with van der Waals surface area (Å²) < 4.78 is 0. The van der Waals surface area contributed by atoms with E-state index in [9.17, 15) is 9.90 Å². The van der Waals surface area contributed by atoms with Gasteiger partial charge in [-0.2, -0.15) is 0 Å². The van der Waals surface area contributed by atoms with E-state index in [0.29, 0.717) is 18.3 Å². The van der Waals surface area contributed by atoms with Gasteiger partial charge in [-0.25, -0.2) is 0 Å². The van der Waals surface area contributed by atoms with E-state index in [1.807, 2.05) is 6.08 Å². The summed E-state index contributed by atoms with van der Waals surface area (Å²) in [5.74, 6) is 4.25. The van der Waals surface area contributed by atoms with Crippen LogP contribution in [0, 0.1) is 28.6 Å². The fourth-order valence-electron chi connectivity index (χ4n) is 5.83. The Kier molecular flexibility index (Phi) is 3.52. The first-order valence-electron chi connectivity index (χ1n) is 8.79. The molecule has 0 unspecified atom stereocenters. The maximum absolute atomic E-state index is 11.7. The smallest absolute Gasteiger partial charge is 0.156 e. The van der Waals surface area contributed by atoms with Crippen molar-refractivity contribution in [2.24, 2.45) is 17.3 Å². The lowest BCUT2D eigenvalue weighted by Gasteiger charge is -2.50. The largest absolute Gasteiger partial charge is 0.377 e. The van der Waals surface area contributed by atoms with Crippen LogP contribution in [0.25, 0.3) is 0 Å². The monoisotopic (exact) mass is 330 g/mol. The predicted octanol–water partition coefficient (Wildman–Crippen LogP) is 4.12. The van der Waals surface area contributed by atoms with Crippen LogP contribution < -0.4 is 0 Å². The van der Waals surface area contributed by atoms with Crippen molar-refractivity contribution in [1.82, 2.24) is 0 Å². The van der Waals surface area contributed by atoms with Crippen molar-refractivity contribution in [3.05, 3.63) is 22.8 Å². The van der Waals surface area contributed by atoms with Gasteiger partial charge in [-0.1, -0.05) is 18.4 Å². The molecule has 0 amide bonds. The summed E-state index contributed by atoms with van der Waals surface area (Å²) in [4.78, 5) is 11.7. The second-order valence-electron chi connectivity index (χ2n) is 7.93. The van der Waals surface area contributed by atoms with E-state index in [-0.39, 0.29) is 11.2 Å². The third-order valence-corrected chi connectivity index (χ3v) is 7.23. The van der Waals surface area contributed by atoms with Crippen LogP contribution in [-0.4, -0.2) is 16.5 Å². The van der Waals surface area contributed by atoms with Gasteiger partial charge in [-0.15, -0.1) is 0 Å². The van der Waals surface area contributed by atoms with Gasteiger partial charge in [0.2, 0.25) is 0 Å². The zero-order chi connectivity index (χ0) is 16.2. The average molecular weight is 331 g/mol. The van der Waals surface area contributed by atoms with E-state index in [0.717, 1.165) is 44.9 Å². The van der Waals surface area contributed by atoms with Crippen molar-refractivity contribution in [3.63, 3.8) is 0 Å². The average Bonchev–Trinajstić information content (AvgIpc) is 2.79. The van der Waals surface area contributed by atoms with E-state index in [1.54, 1.807) is 5.57 Å². The summed E-state index contributed by atoms with van der Waals surface area (Å²) in [7, 11) is 0. The van der Waals surface area contributed by atoms with Crippen LogP contribution in [0.5, 0.6) is 0 Å². The fourth-order valence-corrected chi connectivity index (χ4v) is 5.99. The first-order valence-corrected chi connectivity index (χ1v) is 9.17. The van der Waals surface area contributed by atoms with Crippen LogP contribution in [0.1, 0.15) is 58.3 Å². The number of allylic oxidation sites excluding steroid dienone is 4. The number of aliphatic hydroxyl groups is 1. The van der Waals surface area contributed by atoms with Gasteiger partial charge in [0.05, 0.1) is 0 Å². The van der Waals surface area contributed by atoms with Gasteiger partial charge in [-0.05, 0) is 85.6 Å². The van der Waals surface area contributed by atoms with Gasteiger partial charge in [-0.3, -0.25) is 4.79 Å². The van der Waals surface area contributed by atoms with Crippen LogP contribution in [0.3, 0.4) is 0 Å². The SMILES string of the molecule is C[C@]12CCC3=C4CCC(=O)C=C4CC[C@H]3[C@@H]1CC[C@@]2(O)C#CCl. The molecule has 2 fully saturated rings. The molecule has 0 bridgehead atoms. The van der Waals surface area contributed by atoms with Gasteiger partial charge < -0.3 is 5.11 Å². The number of carbonyl (C=O) groups excluding carboxylic acids is 1. The Bertz CT molecular complexity index is 692. The lowest BCUT2D eigenvalue weighted by molar-refractivity contribution is -0.114. The Labute approximate surface area is 143 Å². The molecular formula is C20H23ClO2. The number of hydrogen-bond donors (Lipinski definition) is 1. The normalized spacial score (nSPS) is 42.2. The number of rotatable bonds is 0. The van der Waals surface area contributed by atoms with Crippen LogP contribution in [-0.2, 0) is 4.79 Å². The van der Waals surface area contributed by atoms with Crippen molar-refractivity contribution >= 4 is 17.4 Å². The number of ketones is 1. The highest BCUT2D eigenvalue weighted by atomic mass is 35.5. The highest BCUT2D eigenvalue weighted by Gasteiger charge is 2.60. The minimum Gasteiger partial charge on any atom is -0.377 e. The van der Waals surface area contributed by atoms with Crippen LogP contribution >= 0.6 is 11.6 Å². The molecule has 4 atom stereocenters. The predicted molar refractivity (Wildman–Crippen MR) is 90.7 cm³/mol. The molecule has 0 spiro atoms. The summed E-state index contributed by atoms with van der Waals surface area (Å²) in [5.41, 5.74) is 3.26. The Morgan fingerprint density at radius 1 is 1.22 bits per heavy atom. The molecule has 0 saturated heterocycles. The Morgan fingerprint density at radius 2 is 2.04 bits per heavy atom. The summed E-state index contributed by atoms with van der Waals surface area (Å²) in [5, 5.41) is 13.5. The molecule has 4 aliphatic carbocycles. The standard InChI is InChI=1S/C20H23ClO2/c1-19-8-6-16-15-5-3-14(22)12-13(15)2-4-17(16)18(19)7-9-20(19,23)10-11-21/h12,17-18,23H,2-9H2,1H3/t17-,18+,19+,20-/m1/s1. The zero-order valence-corrected chi connectivity index (χ0v) is 14.4. The minimum absolute atomic E-state index is 0.157. The maximum atomic E-state index is 11.7. The molecule has 3 heteroatoms. The molecule has 0 aliphatic heterocycles. The fraction of sp³-hybridized carbons (Fsp3) is 0.650. The first kappa shape index (κ1) is 15.5. The minimum atomic E-state index is -0.936. The van der Waals surface area contributed by atoms with Crippen LogP contribution in [0.15, 0.2) is 22.8 Å². The van der Waals surface area contributed by atoms with Crippen LogP contribution in [0.4, 0.5) is 0 Å². The van der Waals surface area contributed by atoms with Gasteiger partial charge in [0.25, 0.3) is 0 Å². The molecule has 2 saturated carbocycles. The summed E-state index contributed by atoms with van der Waals surface area (Å²) in [6, 6.07) is 0. The Balaban J connectivity index is 1.74. The number of fused-ring (bicyclic) bond motifs is 4. The third kappa shape index (κ3) is 2.10. The number of hydrogen-bond acceptors (Lipinski definition) is 2. The molecule has 4 aliphatic rings. The topological polar surface area (TPSA) is 37.3 Å². The number of carbonyl (C=O) groups is 1. The van der Waals surface area contributed by atoms with Crippen molar-refractivity contribution in [2.75, 3.05) is 0 Å². The van der Waals surface area contributed by atoms with Gasteiger partial charge >= 0.3 is 0 Å². The second kappa shape index (κ2) is 5.23. The summed E-state index contributed by atoms with van der Waals surface area (Å²) in [6.45, 7) is 2.21. The lowest BCUT2D eigenvalue weighted by Crippen LogP contribution is -2.49. The van der Waals surface area contributed by atoms with E-state index in [2.05, 4.69) is 18.2 Å². The molecule has 4 rings (SSSR count). The van der Waals surface area contributed by atoms with Crippen molar-refractivity contribution in [3.8, 4) is 11.3 Å². The molecule has 0 aromatic carbocycles. The highest BCUT2D eigenvalue weighted by Crippen LogP contribution is 2.63. The van der Waals surface area contributed by atoms with Gasteiger partial charge in [0, 0.05) is 17.2 Å². The van der Waals surface area contributed by atoms with Crippen molar-refractivity contribution in [1.29, 1.82) is 0 Å².